The van der Waals surface area contributed by atoms with Crippen molar-refractivity contribution >= 4 is 19.3 Å². The van der Waals surface area contributed by atoms with E-state index in [9.17, 15) is 26.3 Å². The summed E-state index contributed by atoms with van der Waals surface area (Å²) in [5.74, 6) is 0.594. The second kappa shape index (κ2) is 7.92. The molecule has 0 bridgehead atoms. The van der Waals surface area contributed by atoms with E-state index in [0.29, 0.717) is 6.42 Å². The highest BCUT2D eigenvalue weighted by molar-refractivity contribution is 7.68. The van der Waals surface area contributed by atoms with Crippen LogP contribution in [0.15, 0.2) is 48.5 Å². The number of ether oxygens (including phenoxy) is 1. The van der Waals surface area contributed by atoms with Gasteiger partial charge in [0.2, 0.25) is 0 Å². The molecular weight excluding hydrogens is 425 g/mol. The molecule has 0 N–H and O–H groups in total. The molecular formula is C22H21F6OP. The molecule has 8 heteroatoms. The summed E-state index contributed by atoms with van der Waals surface area (Å²) in [6.07, 6.45) is -6.45. The monoisotopic (exact) mass is 446 g/mol. The summed E-state index contributed by atoms with van der Waals surface area (Å²) < 4.78 is 84.2. The van der Waals surface area contributed by atoms with Crippen LogP contribution in [0.5, 0.6) is 5.75 Å². The maximum atomic E-state index is 13.0. The highest BCUT2D eigenvalue weighted by Crippen LogP contribution is 2.59. The first-order chi connectivity index (χ1) is 13.8. The van der Waals surface area contributed by atoms with Gasteiger partial charge < -0.3 is 4.74 Å². The molecule has 1 nitrogen and oxygen atoms in total. The molecule has 1 unspecified atom stereocenters. The summed E-state index contributed by atoms with van der Waals surface area (Å²) >= 11 is 0. The van der Waals surface area contributed by atoms with Crippen molar-refractivity contribution < 1.29 is 31.1 Å². The number of fused-ring (bicyclic) bond motifs is 1. The number of alkyl halides is 6. The largest absolute Gasteiger partial charge is 0.485 e. The Morgan fingerprint density at radius 2 is 1.47 bits per heavy atom. The number of halogens is 6. The van der Waals surface area contributed by atoms with Crippen LogP contribution < -0.4 is 10.0 Å². The molecule has 0 amide bonds. The van der Waals surface area contributed by atoms with Gasteiger partial charge in [0.15, 0.2) is 0 Å². The standard InChI is InChI=1S/C22H21F6OP/c1-20(2,3)30-18-9-5-4-8-17(18)29-19(30)10-6-7-14-11-15(21(23,24)25)13-16(12-14)22(26,27)28/h4-9,11-13,19H,10H2,1-3H3/b7-6+/t19-,30?/m1/s1. The maximum Gasteiger partial charge on any atom is 0.416 e. The van der Waals surface area contributed by atoms with Crippen molar-refractivity contribution in [3.63, 3.8) is 0 Å². The van der Waals surface area contributed by atoms with E-state index >= 15 is 0 Å². The molecule has 2 aromatic rings. The smallest absolute Gasteiger partial charge is 0.416 e. The van der Waals surface area contributed by atoms with Gasteiger partial charge in [0.05, 0.1) is 11.1 Å². The number of hydrogen-bond donors (Lipinski definition) is 0. The van der Waals surface area contributed by atoms with E-state index in [1.54, 1.807) is 6.08 Å². The van der Waals surface area contributed by atoms with Crippen molar-refractivity contribution in [1.82, 2.24) is 0 Å². The number of rotatable bonds is 3. The minimum absolute atomic E-state index is 0.0693. The summed E-state index contributed by atoms with van der Waals surface area (Å²) in [4.78, 5) is 0. The molecule has 0 saturated carbocycles. The van der Waals surface area contributed by atoms with Gasteiger partial charge in [-0.25, -0.2) is 0 Å². The zero-order chi connectivity index (χ0) is 22.3. The fourth-order valence-corrected chi connectivity index (χ4v) is 6.51. The van der Waals surface area contributed by atoms with Gasteiger partial charge in [-0.05, 0) is 42.9 Å². The van der Waals surface area contributed by atoms with E-state index < -0.39 is 31.4 Å². The van der Waals surface area contributed by atoms with Gasteiger partial charge in [-0.2, -0.15) is 26.3 Å². The SMILES string of the molecule is CC(C)(C)P1c2ccccc2O[C@H]1C/C=C/c1cc(C(F)(F)F)cc(C(F)(F)F)c1. The van der Waals surface area contributed by atoms with Crippen molar-refractivity contribution in [2.75, 3.05) is 0 Å². The van der Waals surface area contributed by atoms with Gasteiger partial charge in [-0.3, -0.25) is 0 Å². The van der Waals surface area contributed by atoms with Crippen molar-refractivity contribution in [2.45, 2.75) is 50.5 Å². The third-order valence-corrected chi connectivity index (χ3v) is 7.88. The van der Waals surface area contributed by atoms with E-state index in [1.165, 1.54) is 6.08 Å². The molecule has 1 heterocycles. The molecule has 0 aliphatic carbocycles. The molecule has 0 aromatic heterocycles. The molecule has 0 spiro atoms. The lowest BCUT2D eigenvalue weighted by atomic mass is 10.0. The Morgan fingerprint density at radius 1 is 0.900 bits per heavy atom. The topological polar surface area (TPSA) is 9.23 Å². The Kier molecular flexibility index (Phi) is 5.98. The van der Waals surface area contributed by atoms with Crippen LogP contribution >= 0.6 is 7.92 Å². The second-order valence-corrected chi connectivity index (χ2v) is 11.2. The van der Waals surface area contributed by atoms with Crippen LogP contribution in [-0.4, -0.2) is 11.0 Å². The average molecular weight is 446 g/mol. The first kappa shape index (κ1) is 22.7. The van der Waals surface area contributed by atoms with Gasteiger partial charge >= 0.3 is 12.4 Å². The zero-order valence-electron chi connectivity index (χ0n) is 16.6. The summed E-state index contributed by atoms with van der Waals surface area (Å²) in [6, 6.07) is 9.27. The van der Waals surface area contributed by atoms with Crippen molar-refractivity contribution in [1.29, 1.82) is 0 Å². The van der Waals surface area contributed by atoms with Crippen molar-refractivity contribution in [3.05, 3.63) is 65.2 Å². The third kappa shape index (κ3) is 5.00. The van der Waals surface area contributed by atoms with Crippen LogP contribution in [0.25, 0.3) is 6.08 Å². The summed E-state index contributed by atoms with van der Waals surface area (Å²) in [5.41, 5.74) is -2.79. The lowest BCUT2D eigenvalue weighted by Gasteiger charge is -2.31. The summed E-state index contributed by atoms with van der Waals surface area (Å²) in [5, 5.41) is 1.05. The summed E-state index contributed by atoms with van der Waals surface area (Å²) in [7, 11) is -0.729. The van der Waals surface area contributed by atoms with E-state index in [-0.39, 0.29) is 22.6 Å². The van der Waals surface area contributed by atoms with E-state index in [2.05, 4.69) is 20.8 Å². The lowest BCUT2D eigenvalue weighted by molar-refractivity contribution is -0.143. The molecule has 2 atom stereocenters. The summed E-state index contributed by atoms with van der Waals surface area (Å²) in [6.45, 7) is 6.30. The van der Waals surface area contributed by atoms with Gasteiger partial charge in [-0.1, -0.05) is 51.1 Å². The molecule has 30 heavy (non-hydrogen) atoms. The number of benzene rings is 2. The van der Waals surface area contributed by atoms with Gasteiger partial charge in [0.1, 0.15) is 11.6 Å². The number of para-hydroxylation sites is 1. The fraction of sp³-hybridized carbons (Fsp3) is 0.364. The zero-order valence-corrected chi connectivity index (χ0v) is 17.5. The Bertz CT molecular complexity index is 908. The van der Waals surface area contributed by atoms with Crippen molar-refractivity contribution in [3.8, 4) is 5.75 Å². The van der Waals surface area contributed by atoms with Gasteiger partial charge in [0.25, 0.3) is 0 Å². The van der Waals surface area contributed by atoms with Gasteiger partial charge in [-0.15, -0.1) is 0 Å². The molecule has 0 radical (unpaired) electrons. The molecule has 3 rings (SSSR count). The van der Waals surface area contributed by atoms with Crippen LogP contribution in [0.1, 0.15) is 43.9 Å². The Balaban J connectivity index is 1.86. The first-order valence-electron chi connectivity index (χ1n) is 9.28. The highest BCUT2D eigenvalue weighted by Gasteiger charge is 2.40. The maximum absolute atomic E-state index is 13.0. The van der Waals surface area contributed by atoms with Crippen LogP contribution in [0.3, 0.4) is 0 Å². The molecule has 1 aliphatic heterocycles. The van der Waals surface area contributed by atoms with Crippen LogP contribution in [0.2, 0.25) is 0 Å². The van der Waals surface area contributed by atoms with Gasteiger partial charge in [0, 0.05) is 11.7 Å². The third-order valence-electron chi connectivity index (χ3n) is 4.66. The fourth-order valence-electron chi connectivity index (χ4n) is 3.45. The van der Waals surface area contributed by atoms with Crippen LogP contribution in [0, 0.1) is 0 Å². The predicted octanol–water partition coefficient (Wildman–Crippen LogP) is 7.45. The average Bonchev–Trinajstić information content (AvgIpc) is 2.98. The normalized spacial score (nSPS) is 19.8. The molecule has 2 aromatic carbocycles. The van der Waals surface area contributed by atoms with E-state index in [1.807, 2.05) is 24.3 Å². The molecule has 1 aliphatic rings. The Morgan fingerprint density at radius 3 is 2.00 bits per heavy atom. The predicted molar refractivity (Wildman–Crippen MR) is 107 cm³/mol. The lowest BCUT2D eigenvalue weighted by Crippen LogP contribution is -2.23. The molecule has 0 saturated heterocycles. The van der Waals surface area contributed by atoms with E-state index in [0.717, 1.165) is 23.2 Å². The molecule has 162 valence electrons. The van der Waals surface area contributed by atoms with E-state index in [4.69, 9.17) is 4.74 Å². The van der Waals surface area contributed by atoms with Crippen molar-refractivity contribution in [2.24, 2.45) is 0 Å². The van der Waals surface area contributed by atoms with Crippen LogP contribution in [-0.2, 0) is 12.4 Å². The quantitative estimate of drug-likeness (QED) is 0.351. The Labute approximate surface area is 172 Å². The second-order valence-electron chi connectivity index (χ2n) is 8.06. The molecule has 0 fully saturated rings. The minimum atomic E-state index is -4.86. The van der Waals surface area contributed by atoms with Crippen LogP contribution in [0.4, 0.5) is 26.3 Å². The number of hydrogen-bond acceptors (Lipinski definition) is 1. The minimum Gasteiger partial charge on any atom is -0.485 e. The first-order valence-corrected chi connectivity index (χ1v) is 10.7. The highest BCUT2D eigenvalue weighted by atomic mass is 31.1. The Hall–Kier alpha value is -2.01.